The Bertz CT molecular complexity index is 644. The average molecular weight is 323 g/mol. The van der Waals surface area contributed by atoms with Crippen LogP contribution in [0.2, 0.25) is 0 Å². The van der Waals surface area contributed by atoms with Crippen molar-refractivity contribution in [2.45, 2.75) is 38.3 Å². The molecule has 1 saturated heterocycles. The van der Waals surface area contributed by atoms with Gasteiger partial charge >= 0.3 is 0 Å². The summed E-state index contributed by atoms with van der Waals surface area (Å²) in [6.07, 6.45) is 12.6. The van der Waals surface area contributed by atoms with E-state index in [0.29, 0.717) is 5.41 Å². The first-order valence-electron chi connectivity index (χ1n) is 8.85. The number of hydrogen-bond acceptors (Lipinski definition) is 5. The number of aromatic nitrogens is 3. The van der Waals surface area contributed by atoms with E-state index in [9.17, 15) is 0 Å². The van der Waals surface area contributed by atoms with Gasteiger partial charge in [0.25, 0.3) is 0 Å². The fraction of sp³-hybridized carbons (Fsp3) is 0.526. The molecular weight excluding hydrogens is 298 g/mol. The largest absolute Gasteiger partial charge is 0.341 e. The Labute approximate surface area is 143 Å². The Kier molecular flexibility index (Phi) is 4.19. The van der Waals surface area contributed by atoms with Crippen molar-refractivity contribution in [2.75, 3.05) is 25.0 Å². The van der Waals surface area contributed by atoms with Gasteiger partial charge in [-0.3, -0.25) is 9.88 Å². The molecule has 1 saturated carbocycles. The summed E-state index contributed by atoms with van der Waals surface area (Å²) in [6, 6.07) is 6.83. The average Bonchev–Trinajstić information content (AvgIpc) is 2.61. The van der Waals surface area contributed by atoms with Crippen molar-refractivity contribution in [1.82, 2.24) is 19.9 Å². The number of anilines is 1. The van der Waals surface area contributed by atoms with Crippen LogP contribution in [0.4, 0.5) is 5.95 Å². The predicted octanol–water partition coefficient (Wildman–Crippen LogP) is 2.75. The molecule has 0 N–H and O–H groups in total. The molecule has 0 unspecified atom stereocenters. The molecule has 0 atom stereocenters. The predicted molar refractivity (Wildman–Crippen MR) is 94.6 cm³/mol. The Morgan fingerprint density at radius 3 is 2.42 bits per heavy atom. The number of hydrogen-bond donors (Lipinski definition) is 0. The standard InChI is InChI=1S/C19H25N5/c1-23(15-16-3-9-20-10-4-16)17-13-19(14-17)5-11-24(12-6-19)18-21-7-2-8-22-18/h2-4,7-10,17H,5-6,11-15H2,1H3. The van der Waals surface area contributed by atoms with Gasteiger partial charge in [0.1, 0.15) is 0 Å². The summed E-state index contributed by atoms with van der Waals surface area (Å²) in [7, 11) is 2.25. The van der Waals surface area contributed by atoms with Gasteiger partial charge in [0.05, 0.1) is 0 Å². The van der Waals surface area contributed by atoms with Crippen LogP contribution in [-0.4, -0.2) is 46.0 Å². The monoisotopic (exact) mass is 323 g/mol. The zero-order valence-electron chi connectivity index (χ0n) is 14.3. The van der Waals surface area contributed by atoms with Crippen LogP contribution >= 0.6 is 0 Å². The molecule has 0 radical (unpaired) electrons. The summed E-state index contributed by atoms with van der Waals surface area (Å²) in [5, 5.41) is 0. The van der Waals surface area contributed by atoms with E-state index in [-0.39, 0.29) is 0 Å². The highest BCUT2D eigenvalue weighted by Crippen LogP contribution is 2.51. The first-order valence-corrected chi connectivity index (χ1v) is 8.85. The molecule has 1 spiro atoms. The van der Waals surface area contributed by atoms with Crippen LogP contribution in [0.15, 0.2) is 43.0 Å². The van der Waals surface area contributed by atoms with Crippen molar-refractivity contribution < 1.29 is 0 Å². The molecule has 0 aromatic carbocycles. The third kappa shape index (κ3) is 3.13. The number of pyridine rings is 1. The second kappa shape index (κ2) is 6.48. The lowest BCUT2D eigenvalue weighted by molar-refractivity contribution is -0.00885. The maximum absolute atomic E-state index is 4.39. The lowest BCUT2D eigenvalue weighted by Gasteiger charge is -2.54. The van der Waals surface area contributed by atoms with E-state index in [4.69, 9.17) is 0 Å². The molecule has 3 heterocycles. The van der Waals surface area contributed by atoms with E-state index in [0.717, 1.165) is 31.6 Å². The fourth-order valence-corrected chi connectivity index (χ4v) is 4.20. The molecule has 5 nitrogen and oxygen atoms in total. The van der Waals surface area contributed by atoms with Crippen molar-refractivity contribution in [3.63, 3.8) is 0 Å². The van der Waals surface area contributed by atoms with Crippen LogP contribution in [0, 0.1) is 5.41 Å². The first-order chi connectivity index (χ1) is 11.7. The van der Waals surface area contributed by atoms with Crippen LogP contribution in [0.3, 0.4) is 0 Å². The second-order valence-corrected chi connectivity index (χ2v) is 7.37. The third-order valence-electron chi connectivity index (χ3n) is 5.80. The zero-order chi connectivity index (χ0) is 16.4. The van der Waals surface area contributed by atoms with E-state index in [1.165, 1.54) is 31.2 Å². The van der Waals surface area contributed by atoms with E-state index in [2.05, 4.69) is 43.9 Å². The van der Waals surface area contributed by atoms with Crippen LogP contribution in [0.5, 0.6) is 0 Å². The van der Waals surface area contributed by atoms with Crippen molar-refractivity contribution in [3.8, 4) is 0 Å². The molecule has 4 rings (SSSR count). The molecule has 1 aliphatic carbocycles. The minimum Gasteiger partial charge on any atom is -0.341 e. The molecule has 2 aromatic rings. The summed E-state index contributed by atoms with van der Waals surface area (Å²) < 4.78 is 0. The molecule has 2 fully saturated rings. The number of rotatable bonds is 4. The Hall–Kier alpha value is -2.01. The molecular formula is C19H25N5. The zero-order valence-corrected chi connectivity index (χ0v) is 14.3. The summed E-state index contributed by atoms with van der Waals surface area (Å²) in [6.45, 7) is 3.20. The highest BCUT2D eigenvalue weighted by Gasteiger charge is 2.47. The van der Waals surface area contributed by atoms with Gasteiger partial charge in [-0.05, 0) is 61.9 Å². The smallest absolute Gasteiger partial charge is 0.225 e. The van der Waals surface area contributed by atoms with Crippen LogP contribution in [0.25, 0.3) is 0 Å². The van der Waals surface area contributed by atoms with Crippen molar-refractivity contribution >= 4 is 5.95 Å². The van der Waals surface area contributed by atoms with E-state index in [1.807, 2.05) is 30.9 Å². The van der Waals surface area contributed by atoms with Gasteiger partial charge in [-0.15, -0.1) is 0 Å². The third-order valence-corrected chi connectivity index (χ3v) is 5.80. The highest BCUT2D eigenvalue weighted by molar-refractivity contribution is 5.30. The lowest BCUT2D eigenvalue weighted by atomic mass is 9.60. The second-order valence-electron chi connectivity index (χ2n) is 7.37. The van der Waals surface area contributed by atoms with Gasteiger partial charge in [-0.25, -0.2) is 9.97 Å². The molecule has 24 heavy (non-hydrogen) atoms. The van der Waals surface area contributed by atoms with Crippen LogP contribution in [0.1, 0.15) is 31.2 Å². The normalized spacial score (nSPS) is 20.3. The quantitative estimate of drug-likeness (QED) is 0.866. The Balaban J connectivity index is 1.28. The van der Waals surface area contributed by atoms with Gasteiger partial charge < -0.3 is 4.90 Å². The molecule has 0 bridgehead atoms. The van der Waals surface area contributed by atoms with Gasteiger partial charge in [-0.2, -0.15) is 0 Å². The van der Waals surface area contributed by atoms with Crippen molar-refractivity contribution in [3.05, 3.63) is 48.5 Å². The Morgan fingerprint density at radius 2 is 1.75 bits per heavy atom. The molecule has 1 aliphatic heterocycles. The van der Waals surface area contributed by atoms with Gasteiger partial charge in [0.2, 0.25) is 5.95 Å². The first kappa shape index (κ1) is 15.5. The van der Waals surface area contributed by atoms with Crippen LogP contribution in [-0.2, 0) is 6.54 Å². The van der Waals surface area contributed by atoms with E-state index in [1.54, 1.807) is 0 Å². The van der Waals surface area contributed by atoms with E-state index >= 15 is 0 Å². The molecule has 2 aromatic heterocycles. The SMILES string of the molecule is CN(Cc1ccncc1)C1CC2(CCN(c3ncccn3)CC2)C1. The maximum atomic E-state index is 4.39. The van der Waals surface area contributed by atoms with Gasteiger partial charge in [-0.1, -0.05) is 0 Å². The van der Waals surface area contributed by atoms with Crippen LogP contribution < -0.4 is 4.90 Å². The molecule has 0 amide bonds. The minimum absolute atomic E-state index is 0.558. The molecule has 5 heteroatoms. The summed E-state index contributed by atoms with van der Waals surface area (Å²) in [5.41, 5.74) is 1.91. The van der Waals surface area contributed by atoms with Crippen molar-refractivity contribution in [2.24, 2.45) is 5.41 Å². The maximum Gasteiger partial charge on any atom is 0.225 e. The number of nitrogens with zero attached hydrogens (tertiary/aromatic N) is 5. The molecule has 2 aliphatic rings. The minimum atomic E-state index is 0.558. The summed E-state index contributed by atoms with van der Waals surface area (Å²) >= 11 is 0. The van der Waals surface area contributed by atoms with Gasteiger partial charge in [0, 0.05) is 50.5 Å². The summed E-state index contributed by atoms with van der Waals surface area (Å²) in [5.74, 6) is 0.887. The van der Waals surface area contributed by atoms with E-state index < -0.39 is 0 Å². The van der Waals surface area contributed by atoms with Crippen molar-refractivity contribution in [1.29, 1.82) is 0 Å². The fourth-order valence-electron chi connectivity index (χ4n) is 4.20. The topological polar surface area (TPSA) is 45.2 Å². The van der Waals surface area contributed by atoms with Gasteiger partial charge in [0.15, 0.2) is 0 Å². The highest BCUT2D eigenvalue weighted by atomic mass is 15.3. The lowest BCUT2D eigenvalue weighted by Crippen LogP contribution is -2.54. The molecule has 126 valence electrons. The number of piperidine rings is 1. The summed E-state index contributed by atoms with van der Waals surface area (Å²) in [4.78, 5) is 17.7. The Morgan fingerprint density at radius 1 is 1.08 bits per heavy atom.